The molecule has 0 unspecified atom stereocenters. The van der Waals surface area contributed by atoms with E-state index in [1.54, 1.807) is 36.5 Å². The van der Waals surface area contributed by atoms with Gasteiger partial charge in [-0.3, -0.25) is 4.79 Å². The summed E-state index contributed by atoms with van der Waals surface area (Å²) in [5, 5.41) is 7.45. The fourth-order valence-corrected chi connectivity index (χ4v) is 5.44. The second kappa shape index (κ2) is 14.1. The van der Waals surface area contributed by atoms with E-state index in [0.29, 0.717) is 44.9 Å². The van der Waals surface area contributed by atoms with Crippen LogP contribution in [0, 0.1) is 0 Å². The molecule has 1 aromatic heterocycles. The number of anilines is 3. The van der Waals surface area contributed by atoms with E-state index in [9.17, 15) is 9.59 Å². The molecule has 0 saturated carbocycles. The van der Waals surface area contributed by atoms with E-state index in [1.807, 2.05) is 42.5 Å². The summed E-state index contributed by atoms with van der Waals surface area (Å²) in [5.74, 6) is 0.422. The van der Waals surface area contributed by atoms with Gasteiger partial charge in [0.25, 0.3) is 5.91 Å². The van der Waals surface area contributed by atoms with E-state index in [-0.39, 0.29) is 11.4 Å². The van der Waals surface area contributed by atoms with Crippen molar-refractivity contribution in [1.82, 2.24) is 15.3 Å². The number of nitrogens with two attached hydrogens (primary N) is 1. The van der Waals surface area contributed by atoms with Crippen molar-refractivity contribution in [3.63, 3.8) is 0 Å². The number of nitrogens with zero attached hydrogens (tertiary/aromatic N) is 3. The van der Waals surface area contributed by atoms with Gasteiger partial charge in [0.2, 0.25) is 0 Å². The number of esters is 1. The van der Waals surface area contributed by atoms with Gasteiger partial charge in [-0.15, -0.1) is 0 Å². The number of benzene rings is 3. The number of halogens is 2. The fourth-order valence-electron chi connectivity index (χ4n) is 5.05. The first kappa shape index (κ1) is 32.0. The highest BCUT2D eigenvalue weighted by Crippen LogP contribution is 2.35. The molecule has 0 bridgehead atoms. The lowest BCUT2D eigenvalue weighted by atomic mass is 9.89. The molecule has 5 rings (SSSR count). The number of carbonyl (C=O) groups is 2. The van der Waals surface area contributed by atoms with Crippen molar-refractivity contribution in [3.05, 3.63) is 106 Å². The number of carbonyl (C=O) groups excluding carboxylic acids is 2. The Kier molecular flexibility index (Phi) is 10.0. The normalized spacial score (nSPS) is 14.4. The van der Waals surface area contributed by atoms with E-state index in [2.05, 4.69) is 37.2 Å². The second-order valence-corrected chi connectivity index (χ2v) is 11.9. The summed E-state index contributed by atoms with van der Waals surface area (Å²) in [6.07, 6.45) is 6.55. The Labute approximate surface area is 272 Å². The Bertz CT molecular complexity index is 1700. The number of rotatable bonds is 9. The van der Waals surface area contributed by atoms with E-state index in [1.165, 1.54) is 13.2 Å². The van der Waals surface area contributed by atoms with Crippen LogP contribution in [-0.4, -0.2) is 47.6 Å². The molecule has 9 nitrogen and oxygen atoms in total. The summed E-state index contributed by atoms with van der Waals surface area (Å²) in [7, 11) is 1.33. The van der Waals surface area contributed by atoms with Crippen LogP contribution < -0.4 is 21.3 Å². The predicted molar refractivity (Wildman–Crippen MR) is 180 cm³/mol. The zero-order valence-electron chi connectivity index (χ0n) is 25.0. The molecule has 1 saturated heterocycles. The summed E-state index contributed by atoms with van der Waals surface area (Å²) in [6, 6.07) is 20.1. The van der Waals surface area contributed by atoms with Gasteiger partial charge in [-0.05, 0) is 67.3 Å². The fraction of sp³-hybridized carbons (Fsp3) is 0.235. The molecule has 0 aliphatic carbocycles. The van der Waals surface area contributed by atoms with Gasteiger partial charge >= 0.3 is 5.97 Å². The Morgan fingerprint density at radius 2 is 1.76 bits per heavy atom. The number of ether oxygens (including phenoxy) is 1. The molecular formula is C34H34Cl2N6O3. The van der Waals surface area contributed by atoms with Crippen LogP contribution in [0.1, 0.15) is 41.3 Å². The Hall–Kier alpha value is -4.44. The van der Waals surface area contributed by atoms with Crippen LogP contribution in [0.3, 0.4) is 0 Å². The number of hydrogen-bond acceptors (Lipinski definition) is 8. The molecule has 3 aromatic carbocycles. The molecule has 0 radical (unpaired) electrons. The van der Waals surface area contributed by atoms with Crippen LogP contribution in [0.25, 0.3) is 17.3 Å². The SMILES string of the molecule is COC(=O)/C=C/c1ccc(NC(=O)c2ccc(CNC3(C)CCN(c4cnc(-c5cccc(Cl)c5Cl)c(N)n4)CC3)cc2)cc1. The summed E-state index contributed by atoms with van der Waals surface area (Å²) in [5.41, 5.74) is 10.5. The molecule has 1 aliphatic heterocycles. The lowest BCUT2D eigenvalue weighted by Crippen LogP contribution is -2.51. The van der Waals surface area contributed by atoms with Crippen LogP contribution in [0.2, 0.25) is 10.0 Å². The molecule has 232 valence electrons. The third kappa shape index (κ3) is 7.99. The number of methoxy groups -OCH3 is 1. The van der Waals surface area contributed by atoms with Crippen molar-refractivity contribution < 1.29 is 14.3 Å². The predicted octanol–water partition coefficient (Wildman–Crippen LogP) is 6.62. The zero-order chi connectivity index (χ0) is 32.0. The van der Waals surface area contributed by atoms with Crippen LogP contribution in [-0.2, 0) is 16.1 Å². The average Bonchev–Trinajstić information content (AvgIpc) is 3.05. The van der Waals surface area contributed by atoms with Gasteiger partial charge in [0, 0.05) is 48.1 Å². The standard InChI is InChI=1S/C34H34Cl2N6O3/c1-34(16-18-42(19-17-34)28-21-38-31(32(37)41-28)26-4-3-5-27(35)30(26)36)39-20-23-6-11-24(12-7-23)33(44)40-25-13-8-22(9-14-25)10-15-29(43)45-2/h3-15,21,39H,16-20H2,1-2H3,(H2,37,41)(H,40,44)/b15-10+. The largest absolute Gasteiger partial charge is 0.466 e. The summed E-state index contributed by atoms with van der Waals surface area (Å²) < 4.78 is 4.60. The maximum absolute atomic E-state index is 12.8. The number of hydrogen-bond donors (Lipinski definition) is 3. The second-order valence-electron chi connectivity index (χ2n) is 11.1. The third-order valence-corrected chi connectivity index (χ3v) is 8.72. The van der Waals surface area contributed by atoms with Crippen molar-refractivity contribution in [2.45, 2.75) is 31.8 Å². The molecule has 1 fully saturated rings. The smallest absolute Gasteiger partial charge is 0.330 e. The summed E-state index contributed by atoms with van der Waals surface area (Å²) in [4.78, 5) is 35.4. The van der Waals surface area contributed by atoms with Gasteiger partial charge in [-0.1, -0.05) is 59.6 Å². The van der Waals surface area contributed by atoms with Crippen LogP contribution in [0.4, 0.5) is 17.3 Å². The molecule has 1 amide bonds. The van der Waals surface area contributed by atoms with Crippen molar-refractivity contribution >= 4 is 58.5 Å². The van der Waals surface area contributed by atoms with Gasteiger partial charge in [0.1, 0.15) is 11.5 Å². The highest BCUT2D eigenvalue weighted by Gasteiger charge is 2.30. The quantitative estimate of drug-likeness (QED) is 0.137. The lowest BCUT2D eigenvalue weighted by molar-refractivity contribution is -0.134. The van der Waals surface area contributed by atoms with E-state index in [4.69, 9.17) is 28.9 Å². The van der Waals surface area contributed by atoms with Gasteiger partial charge in [0.15, 0.2) is 5.82 Å². The Balaban J connectivity index is 1.11. The number of amides is 1. The highest BCUT2D eigenvalue weighted by atomic mass is 35.5. The van der Waals surface area contributed by atoms with Crippen LogP contribution >= 0.6 is 23.2 Å². The lowest BCUT2D eigenvalue weighted by Gasteiger charge is -2.40. The minimum Gasteiger partial charge on any atom is -0.466 e. The minimum absolute atomic E-state index is 0.0576. The first-order valence-electron chi connectivity index (χ1n) is 14.5. The van der Waals surface area contributed by atoms with Crippen molar-refractivity contribution in [2.24, 2.45) is 0 Å². The molecule has 2 heterocycles. The van der Waals surface area contributed by atoms with Gasteiger partial charge in [0.05, 0.1) is 23.4 Å². The zero-order valence-corrected chi connectivity index (χ0v) is 26.5. The molecular weight excluding hydrogens is 611 g/mol. The van der Waals surface area contributed by atoms with Crippen molar-refractivity contribution in [3.8, 4) is 11.3 Å². The first-order chi connectivity index (χ1) is 21.6. The molecule has 4 aromatic rings. The average molecular weight is 646 g/mol. The first-order valence-corrected chi connectivity index (χ1v) is 15.2. The summed E-state index contributed by atoms with van der Waals surface area (Å²) in [6.45, 7) is 4.51. The number of nitrogen functional groups attached to an aromatic ring is 1. The van der Waals surface area contributed by atoms with E-state index in [0.717, 1.165) is 42.9 Å². The molecule has 45 heavy (non-hydrogen) atoms. The maximum atomic E-state index is 12.8. The van der Waals surface area contributed by atoms with E-state index >= 15 is 0 Å². The monoisotopic (exact) mass is 644 g/mol. The summed E-state index contributed by atoms with van der Waals surface area (Å²) >= 11 is 12.5. The molecule has 4 N–H and O–H groups in total. The van der Waals surface area contributed by atoms with E-state index < -0.39 is 5.97 Å². The molecule has 11 heteroatoms. The number of aromatic nitrogens is 2. The minimum atomic E-state index is -0.425. The molecule has 1 aliphatic rings. The van der Waals surface area contributed by atoms with Crippen LogP contribution in [0.5, 0.6) is 0 Å². The third-order valence-electron chi connectivity index (χ3n) is 7.90. The van der Waals surface area contributed by atoms with Gasteiger partial charge in [-0.2, -0.15) is 0 Å². The van der Waals surface area contributed by atoms with Gasteiger partial charge < -0.3 is 26.0 Å². The van der Waals surface area contributed by atoms with Crippen molar-refractivity contribution in [2.75, 3.05) is 36.1 Å². The van der Waals surface area contributed by atoms with Crippen molar-refractivity contribution in [1.29, 1.82) is 0 Å². The van der Waals surface area contributed by atoms with Gasteiger partial charge in [-0.25, -0.2) is 14.8 Å². The van der Waals surface area contributed by atoms with Crippen LogP contribution in [0.15, 0.2) is 79.0 Å². The number of piperidine rings is 1. The maximum Gasteiger partial charge on any atom is 0.330 e. The highest BCUT2D eigenvalue weighted by molar-refractivity contribution is 6.43. The Morgan fingerprint density at radius 3 is 2.42 bits per heavy atom. The molecule has 0 atom stereocenters. The number of nitrogens with one attached hydrogen (secondary N) is 2. The topological polar surface area (TPSA) is 122 Å². The Morgan fingerprint density at radius 1 is 1.04 bits per heavy atom. The molecule has 0 spiro atoms.